The molecule has 0 aliphatic carbocycles. The second kappa shape index (κ2) is 7.65. The third-order valence-corrected chi connectivity index (χ3v) is 3.53. The van der Waals surface area contributed by atoms with Crippen LogP contribution < -0.4 is 14.4 Å². The maximum atomic E-state index is 12.8. The summed E-state index contributed by atoms with van der Waals surface area (Å²) in [5.41, 5.74) is 0.513. The molecule has 0 fully saturated rings. The SMILES string of the molecule is COc1c(C(=O)N(C)c2ccc(OC(C)C)cc2)cccc1[N+](=O)[O-]. The van der Waals surface area contributed by atoms with Crippen molar-refractivity contribution in [2.45, 2.75) is 20.0 Å². The Labute approximate surface area is 145 Å². The molecule has 0 aliphatic rings. The van der Waals surface area contributed by atoms with Gasteiger partial charge in [0.05, 0.1) is 23.7 Å². The van der Waals surface area contributed by atoms with E-state index in [2.05, 4.69) is 0 Å². The van der Waals surface area contributed by atoms with E-state index in [0.717, 1.165) is 0 Å². The number of carbonyl (C=O) groups is 1. The predicted octanol–water partition coefficient (Wildman–Crippen LogP) is 3.67. The van der Waals surface area contributed by atoms with E-state index < -0.39 is 10.8 Å². The van der Waals surface area contributed by atoms with Gasteiger partial charge in [0.2, 0.25) is 5.75 Å². The Bertz CT molecular complexity index is 772. The number of amides is 1. The van der Waals surface area contributed by atoms with E-state index in [0.29, 0.717) is 11.4 Å². The van der Waals surface area contributed by atoms with Gasteiger partial charge in [-0.05, 0) is 44.2 Å². The number of para-hydroxylation sites is 1. The molecular formula is C18H20N2O5. The highest BCUT2D eigenvalue weighted by atomic mass is 16.6. The van der Waals surface area contributed by atoms with Crippen molar-refractivity contribution in [3.63, 3.8) is 0 Å². The number of carbonyl (C=O) groups excluding carboxylic acids is 1. The maximum absolute atomic E-state index is 12.8. The summed E-state index contributed by atoms with van der Waals surface area (Å²) in [7, 11) is 2.90. The zero-order chi connectivity index (χ0) is 18.6. The number of nitro groups is 1. The molecule has 2 aromatic rings. The first-order valence-electron chi connectivity index (χ1n) is 7.71. The number of nitrogens with zero attached hydrogens (tertiary/aromatic N) is 2. The zero-order valence-electron chi connectivity index (χ0n) is 14.6. The van der Waals surface area contributed by atoms with E-state index in [1.807, 2.05) is 13.8 Å². The smallest absolute Gasteiger partial charge is 0.311 e. The van der Waals surface area contributed by atoms with Gasteiger partial charge in [-0.25, -0.2) is 0 Å². The molecule has 0 heterocycles. The van der Waals surface area contributed by atoms with Crippen LogP contribution in [-0.2, 0) is 0 Å². The summed E-state index contributed by atoms with van der Waals surface area (Å²) in [5.74, 6) is 0.245. The van der Waals surface area contributed by atoms with Crippen LogP contribution in [0.1, 0.15) is 24.2 Å². The molecule has 2 aromatic carbocycles. The van der Waals surface area contributed by atoms with Gasteiger partial charge in [-0.15, -0.1) is 0 Å². The quantitative estimate of drug-likeness (QED) is 0.590. The average Bonchev–Trinajstić information content (AvgIpc) is 2.59. The minimum Gasteiger partial charge on any atom is -0.491 e. The van der Waals surface area contributed by atoms with Crippen LogP contribution >= 0.6 is 0 Å². The molecule has 0 saturated carbocycles. The van der Waals surface area contributed by atoms with E-state index in [1.54, 1.807) is 31.3 Å². The molecule has 132 valence electrons. The highest BCUT2D eigenvalue weighted by Crippen LogP contribution is 2.32. The van der Waals surface area contributed by atoms with Crippen LogP contribution in [0.3, 0.4) is 0 Å². The molecule has 7 heteroatoms. The molecule has 0 radical (unpaired) electrons. The van der Waals surface area contributed by atoms with Crippen molar-refractivity contribution in [1.82, 2.24) is 0 Å². The Hall–Kier alpha value is -3.09. The lowest BCUT2D eigenvalue weighted by molar-refractivity contribution is -0.385. The lowest BCUT2D eigenvalue weighted by atomic mass is 10.1. The fourth-order valence-corrected chi connectivity index (χ4v) is 2.37. The van der Waals surface area contributed by atoms with Crippen molar-refractivity contribution >= 4 is 17.3 Å². The van der Waals surface area contributed by atoms with Gasteiger partial charge < -0.3 is 14.4 Å². The van der Waals surface area contributed by atoms with Crippen LogP contribution in [0.2, 0.25) is 0 Å². The normalized spacial score (nSPS) is 10.4. The van der Waals surface area contributed by atoms with Crippen LogP contribution in [0.4, 0.5) is 11.4 Å². The van der Waals surface area contributed by atoms with Crippen LogP contribution in [0.25, 0.3) is 0 Å². The molecule has 7 nitrogen and oxygen atoms in total. The largest absolute Gasteiger partial charge is 0.491 e. The van der Waals surface area contributed by atoms with Crippen LogP contribution in [0, 0.1) is 10.1 Å². The Morgan fingerprint density at radius 3 is 2.32 bits per heavy atom. The molecule has 1 amide bonds. The standard InChI is InChI=1S/C18H20N2O5/c1-12(2)25-14-10-8-13(9-11-14)19(3)18(21)15-6-5-7-16(20(22)23)17(15)24-4/h5-12H,1-4H3. The summed E-state index contributed by atoms with van der Waals surface area (Å²) in [5, 5.41) is 11.1. The minimum atomic E-state index is -0.576. The van der Waals surface area contributed by atoms with Gasteiger partial charge in [-0.1, -0.05) is 6.07 Å². The summed E-state index contributed by atoms with van der Waals surface area (Å²) < 4.78 is 10.7. The van der Waals surface area contributed by atoms with E-state index in [4.69, 9.17) is 9.47 Å². The first-order chi connectivity index (χ1) is 11.8. The first-order valence-corrected chi connectivity index (χ1v) is 7.71. The van der Waals surface area contributed by atoms with E-state index >= 15 is 0 Å². The number of nitro benzene ring substituents is 1. The Balaban J connectivity index is 2.31. The minimum absolute atomic E-state index is 0.0517. The fourth-order valence-electron chi connectivity index (χ4n) is 2.37. The number of anilines is 1. The number of rotatable bonds is 6. The molecule has 0 atom stereocenters. The van der Waals surface area contributed by atoms with Crippen molar-refractivity contribution in [3.05, 3.63) is 58.1 Å². The highest BCUT2D eigenvalue weighted by molar-refractivity contribution is 6.08. The van der Waals surface area contributed by atoms with Crippen molar-refractivity contribution < 1.29 is 19.2 Å². The van der Waals surface area contributed by atoms with Gasteiger partial charge in [0.15, 0.2) is 0 Å². The number of ether oxygens (including phenoxy) is 2. The van der Waals surface area contributed by atoms with Crippen molar-refractivity contribution in [3.8, 4) is 11.5 Å². The molecular weight excluding hydrogens is 324 g/mol. The van der Waals surface area contributed by atoms with E-state index in [1.165, 1.54) is 30.2 Å². The van der Waals surface area contributed by atoms with Gasteiger partial charge in [-0.3, -0.25) is 14.9 Å². The number of benzene rings is 2. The molecule has 2 rings (SSSR count). The first kappa shape index (κ1) is 18.3. The van der Waals surface area contributed by atoms with Crippen LogP contribution in [0.15, 0.2) is 42.5 Å². The van der Waals surface area contributed by atoms with Gasteiger partial charge in [-0.2, -0.15) is 0 Å². The van der Waals surface area contributed by atoms with Crippen molar-refractivity contribution in [2.75, 3.05) is 19.1 Å². The summed E-state index contributed by atoms with van der Waals surface area (Å²) in [6.07, 6.45) is 0.0549. The predicted molar refractivity (Wildman–Crippen MR) is 94.6 cm³/mol. The second-order valence-electron chi connectivity index (χ2n) is 5.64. The molecule has 0 unspecified atom stereocenters. The van der Waals surface area contributed by atoms with Crippen LogP contribution in [0.5, 0.6) is 11.5 Å². The molecule has 0 aromatic heterocycles. The number of methoxy groups -OCH3 is 1. The zero-order valence-corrected chi connectivity index (χ0v) is 14.6. The van der Waals surface area contributed by atoms with Gasteiger partial charge in [0, 0.05) is 18.8 Å². The average molecular weight is 344 g/mol. The molecule has 25 heavy (non-hydrogen) atoms. The lowest BCUT2D eigenvalue weighted by Gasteiger charge is -2.19. The van der Waals surface area contributed by atoms with Gasteiger partial charge in [0.25, 0.3) is 5.91 Å². The summed E-state index contributed by atoms with van der Waals surface area (Å²) in [4.78, 5) is 24.7. The Morgan fingerprint density at radius 2 is 1.80 bits per heavy atom. The van der Waals surface area contributed by atoms with Gasteiger partial charge in [0.1, 0.15) is 5.75 Å². The monoisotopic (exact) mass is 344 g/mol. The molecule has 0 bridgehead atoms. The Kier molecular flexibility index (Phi) is 5.59. The van der Waals surface area contributed by atoms with Gasteiger partial charge >= 0.3 is 5.69 Å². The third kappa shape index (κ3) is 4.06. The lowest BCUT2D eigenvalue weighted by Crippen LogP contribution is -2.26. The molecule has 0 N–H and O–H groups in total. The van der Waals surface area contributed by atoms with E-state index in [-0.39, 0.29) is 23.1 Å². The van der Waals surface area contributed by atoms with Crippen LogP contribution in [-0.4, -0.2) is 31.1 Å². The van der Waals surface area contributed by atoms with E-state index in [9.17, 15) is 14.9 Å². The van der Waals surface area contributed by atoms with Crippen molar-refractivity contribution in [1.29, 1.82) is 0 Å². The topological polar surface area (TPSA) is 81.9 Å². The number of hydrogen-bond acceptors (Lipinski definition) is 5. The maximum Gasteiger partial charge on any atom is 0.311 e. The highest BCUT2D eigenvalue weighted by Gasteiger charge is 2.25. The molecule has 0 aliphatic heterocycles. The Morgan fingerprint density at radius 1 is 1.16 bits per heavy atom. The number of hydrogen-bond donors (Lipinski definition) is 0. The second-order valence-corrected chi connectivity index (χ2v) is 5.64. The third-order valence-electron chi connectivity index (χ3n) is 3.53. The molecule has 0 saturated heterocycles. The summed E-state index contributed by atoms with van der Waals surface area (Å²) >= 11 is 0. The summed E-state index contributed by atoms with van der Waals surface area (Å²) in [6, 6.07) is 11.3. The molecule has 0 spiro atoms. The van der Waals surface area contributed by atoms with Crippen molar-refractivity contribution in [2.24, 2.45) is 0 Å². The fraction of sp³-hybridized carbons (Fsp3) is 0.278. The summed E-state index contributed by atoms with van der Waals surface area (Å²) in [6.45, 7) is 3.86.